The first-order valence-electron chi connectivity index (χ1n) is 4.52. The van der Waals surface area contributed by atoms with Crippen LogP contribution in [0.5, 0.6) is 0 Å². The number of nitrogens with two attached hydrogens (primary N) is 1. The molecule has 1 aromatic rings. The Morgan fingerprint density at radius 1 is 1.36 bits per heavy atom. The first kappa shape index (κ1) is 10.4. The molecule has 0 spiro atoms. The standard InChI is InChI=1S/C10H15N3O/c1-12-10(14)6-7-13-9-4-2-8(11)3-5-9/h2-5,13H,6-7,11H2,1H3,(H,12,14). The Morgan fingerprint density at radius 3 is 2.57 bits per heavy atom. The number of hydrogen-bond acceptors (Lipinski definition) is 3. The van der Waals surface area contributed by atoms with Crippen molar-refractivity contribution in [1.82, 2.24) is 5.32 Å². The lowest BCUT2D eigenvalue weighted by atomic mass is 10.3. The Hall–Kier alpha value is -1.71. The summed E-state index contributed by atoms with van der Waals surface area (Å²) in [5, 5.41) is 5.68. The summed E-state index contributed by atoms with van der Waals surface area (Å²) in [6, 6.07) is 7.42. The molecule has 0 aliphatic heterocycles. The van der Waals surface area contributed by atoms with E-state index in [2.05, 4.69) is 10.6 Å². The van der Waals surface area contributed by atoms with Crippen molar-refractivity contribution in [3.8, 4) is 0 Å². The highest BCUT2D eigenvalue weighted by Gasteiger charge is 1.96. The van der Waals surface area contributed by atoms with Crippen LogP contribution in [0.4, 0.5) is 11.4 Å². The molecule has 4 N–H and O–H groups in total. The van der Waals surface area contributed by atoms with Gasteiger partial charge in [-0.05, 0) is 24.3 Å². The van der Waals surface area contributed by atoms with Crippen LogP contribution in [0.1, 0.15) is 6.42 Å². The summed E-state index contributed by atoms with van der Waals surface area (Å²) in [6.07, 6.45) is 0.473. The largest absolute Gasteiger partial charge is 0.399 e. The van der Waals surface area contributed by atoms with Crippen LogP contribution in [0.3, 0.4) is 0 Å². The topological polar surface area (TPSA) is 67.2 Å². The van der Waals surface area contributed by atoms with Gasteiger partial charge in [0.05, 0.1) is 0 Å². The maximum absolute atomic E-state index is 10.9. The minimum Gasteiger partial charge on any atom is -0.399 e. The Labute approximate surface area is 83.5 Å². The molecular weight excluding hydrogens is 178 g/mol. The van der Waals surface area contributed by atoms with E-state index in [4.69, 9.17) is 5.73 Å². The van der Waals surface area contributed by atoms with E-state index in [0.29, 0.717) is 13.0 Å². The number of hydrogen-bond donors (Lipinski definition) is 3. The summed E-state index contributed by atoms with van der Waals surface area (Å²) < 4.78 is 0. The van der Waals surface area contributed by atoms with Crippen LogP contribution in [0.2, 0.25) is 0 Å². The highest BCUT2D eigenvalue weighted by atomic mass is 16.1. The molecular formula is C10H15N3O. The zero-order valence-electron chi connectivity index (χ0n) is 8.21. The molecule has 0 saturated heterocycles. The lowest BCUT2D eigenvalue weighted by Crippen LogP contribution is -2.20. The summed E-state index contributed by atoms with van der Waals surface area (Å²) in [4.78, 5) is 10.9. The van der Waals surface area contributed by atoms with Crippen molar-refractivity contribution in [2.75, 3.05) is 24.6 Å². The smallest absolute Gasteiger partial charge is 0.221 e. The average molecular weight is 193 g/mol. The molecule has 4 nitrogen and oxygen atoms in total. The molecule has 4 heteroatoms. The fraction of sp³-hybridized carbons (Fsp3) is 0.300. The third kappa shape index (κ3) is 3.35. The summed E-state index contributed by atoms with van der Waals surface area (Å²) in [6.45, 7) is 0.629. The molecule has 0 heterocycles. The van der Waals surface area contributed by atoms with Gasteiger partial charge in [-0.2, -0.15) is 0 Å². The van der Waals surface area contributed by atoms with Crippen LogP contribution < -0.4 is 16.4 Å². The molecule has 0 saturated carbocycles. The molecule has 14 heavy (non-hydrogen) atoms. The third-order valence-electron chi connectivity index (χ3n) is 1.87. The Bertz CT molecular complexity index is 295. The molecule has 0 atom stereocenters. The zero-order chi connectivity index (χ0) is 10.4. The summed E-state index contributed by atoms with van der Waals surface area (Å²) in [5.74, 6) is 0.0351. The Balaban J connectivity index is 2.31. The highest BCUT2D eigenvalue weighted by molar-refractivity contribution is 5.76. The van der Waals surface area contributed by atoms with E-state index in [1.165, 1.54) is 0 Å². The van der Waals surface area contributed by atoms with Crippen LogP contribution in [0, 0.1) is 0 Å². The van der Waals surface area contributed by atoms with E-state index in [9.17, 15) is 4.79 Å². The maximum atomic E-state index is 10.9. The molecule has 0 aromatic heterocycles. The number of rotatable bonds is 4. The van der Waals surface area contributed by atoms with E-state index in [-0.39, 0.29) is 5.91 Å². The van der Waals surface area contributed by atoms with Crippen LogP contribution in [0.25, 0.3) is 0 Å². The van der Waals surface area contributed by atoms with E-state index in [1.807, 2.05) is 24.3 Å². The summed E-state index contributed by atoms with van der Waals surface area (Å²) >= 11 is 0. The molecule has 0 aliphatic carbocycles. The lowest BCUT2D eigenvalue weighted by molar-refractivity contribution is -0.120. The van der Waals surface area contributed by atoms with Gasteiger partial charge in [0.15, 0.2) is 0 Å². The van der Waals surface area contributed by atoms with Gasteiger partial charge in [-0.1, -0.05) is 0 Å². The van der Waals surface area contributed by atoms with E-state index >= 15 is 0 Å². The van der Waals surface area contributed by atoms with Crippen LogP contribution >= 0.6 is 0 Å². The molecule has 0 fully saturated rings. The summed E-state index contributed by atoms with van der Waals surface area (Å²) in [7, 11) is 1.63. The van der Waals surface area contributed by atoms with Crippen molar-refractivity contribution < 1.29 is 4.79 Å². The molecule has 1 amide bonds. The normalized spacial score (nSPS) is 9.50. The van der Waals surface area contributed by atoms with Crippen molar-refractivity contribution in [3.05, 3.63) is 24.3 Å². The molecule has 1 rings (SSSR count). The first-order chi connectivity index (χ1) is 6.72. The maximum Gasteiger partial charge on any atom is 0.221 e. The number of anilines is 2. The predicted octanol–water partition coefficient (Wildman–Crippen LogP) is 0.817. The quantitative estimate of drug-likeness (QED) is 0.620. The SMILES string of the molecule is CNC(=O)CCNc1ccc(N)cc1. The van der Waals surface area contributed by atoms with Gasteiger partial charge < -0.3 is 16.4 Å². The van der Waals surface area contributed by atoms with E-state index < -0.39 is 0 Å². The highest BCUT2D eigenvalue weighted by Crippen LogP contribution is 2.09. The number of carbonyl (C=O) groups excluding carboxylic acids is 1. The minimum atomic E-state index is 0.0351. The van der Waals surface area contributed by atoms with Gasteiger partial charge in [0, 0.05) is 31.4 Å². The van der Waals surface area contributed by atoms with Crippen LogP contribution in [-0.2, 0) is 4.79 Å². The second-order valence-corrected chi connectivity index (χ2v) is 2.97. The molecule has 0 unspecified atom stereocenters. The Morgan fingerprint density at radius 2 is 2.00 bits per heavy atom. The molecule has 0 radical (unpaired) electrons. The van der Waals surface area contributed by atoms with Crippen molar-refractivity contribution in [2.24, 2.45) is 0 Å². The van der Waals surface area contributed by atoms with Gasteiger partial charge in [-0.3, -0.25) is 4.79 Å². The molecule has 76 valence electrons. The van der Waals surface area contributed by atoms with Gasteiger partial charge in [0.2, 0.25) is 5.91 Å². The number of nitrogens with one attached hydrogen (secondary N) is 2. The average Bonchev–Trinajstić information content (AvgIpc) is 2.21. The van der Waals surface area contributed by atoms with Gasteiger partial charge in [-0.15, -0.1) is 0 Å². The zero-order valence-corrected chi connectivity index (χ0v) is 8.21. The van der Waals surface area contributed by atoms with Crippen LogP contribution in [0.15, 0.2) is 24.3 Å². The molecule has 0 bridgehead atoms. The molecule has 0 aliphatic rings. The van der Waals surface area contributed by atoms with Gasteiger partial charge in [0.25, 0.3) is 0 Å². The van der Waals surface area contributed by atoms with E-state index in [0.717, 1.165) is 11.4 Å². The Kier molecular flexibility index (Phi) is 3.79. The van der Waals surface area contributed by atoms with Crippen molar-refractivity contribution in [3.63, 3.8) is 0 Å². The third-order valence-corrected chi connectivity index (χ3v) is 1.87. The van der Waals surface area contributed by atoms with Gasteiger partial charge in [-0.25, -0.2) is 0 Å². The number of nitrogen functional groups attached to an aromatic ring is 1. The summed E-state index contributed by atoms with van der Waals surface area (Å²) in [5.41, 5.74) is 7.25. The van der Waals surface area contributed by atoms with Crippen LogP contribution in [-0.4, -0.2) is 19.5 Å². The number of carbonyl (C=O) groups is 1. The van der Waals surface area contributed by atoms with Crippen molar-refractivity contribution in [2.45, 2.75) is 6.42 Å². The monoisotopic (exact) mass is 193 g/mol. The number of amides is 1. The molecule has 1 aromatic carbocycles. The van der Waals surface area contributed by atoms with Gasteiger partial charge >= 0.3 is 0 Å². The van der Waals surface area contributed by atoms with Crippen molar-refractivity contribution >= 4 is 17.3 Å². The minimum absolute atomic E-state index is 0.0351. The van der Waals surface area contributed by atoms with Gasteiger partial charge in [0.1, 0.15) is 0 Å². The fourth-order valence-electron chi connectivity index (χ4n) is 1.05. The number of benzene rings is 1. The second-order valence-electron chi connectivity index (χ2n) is 2.97. The fourth-order valence-corrected chi connectivity index (χ4v) is 1.05. The predicted molar refractivity (Wildman–Crippen MR) is 58.0 cm³/mol. The lowest BCUT2D eigenvalue weighted by Gasteiger charge is -2.05. The van der Waals surface area contributed by atoms with Crippen molar-refractivity contribution in [1.29, 1.82) is 0 Å². The first-order valence-corrected chi connectivity index (χ1v) is 4.52. The second kappa shape index (κ2) is 5.11. The van der Waals surface area contributed by atoms with E-state index in [1.54, 1.807) is 7.05 Å².